The number of hydrogen-bond acceptors (Lipinski definition) is 6. The lowest BCUT2D eigenvalue weighted by molar-refractivity contribution is -0.167. The lowest BCUT2D eigenvalue weighted by Gasteiger charge is -2.18. The molecule has 0 heterocycles. The average molecular weight is 933 g/mol. The van der Waals surface area contributed by atoms with Crippen LogP contribution in [0, 0.1) is 0 Å². The van der Waals surface area contributed by atoms with E-state index in [9.17, 15) is 14.4 Å². The monoisotopic (exact) mass is 933 g/mol. The summed E-state index contributed by atoms with van der Waals surface area (Å²) in [5, 5.41) is 0. The molecular formula is C61H104O6. The van der Waals surface area contributed by atoms with E-state index in [1.54, 1.807) is 0 Å². The van der Waals surface area contributed by atoms with Gasteiger partial charge in [-0.15, -0.1) is 0 Å². The van der Waals surface area contributed by atoms with Crippen LogP contribution in [0.15, 0.2) is 85.1 Å². The van der Waals surface area contributed by atoms with Gasteiger partial charge in [-0.2, -0.15) is 0 Å². The van der Waals surface area contributed by atoms with E-state index in [1.165, 1.54) is 141 Å². The molecule has 0 amide bonds. The maximum atomic E-state index is 12.8. The number of ether oxygens (including phenoxy) is 3. The second-order valence-corrected chi connectivity index (χ2v) is 18.6. The SMILES string of the molecule is CCC\C=C/C=C\C=C/C=C\C=C/CCCCCCCC(=O)OC(COC(=O)CCCCCCCCCCCC/C=C\C=C/CCCCC)COC(=O)CCCCCCCCCCCCCC. The van der Waals surface area contributed by atoms with Crippen molar-refractivity contribution in [3.63, 3.8) is 0 Å². The summed E-state index contributed by atoms with van der Waals surface area (Å²) < 4.78 is 16.8. The van der Waals surface area contributed by atoms with Gasteiger partial charge < -0.3 is 14.2 Å². The predicted octanol–water partition coefficient (Wildman–Crippen LogP) is 18.8. The third-order valence-electron chi connectivity index (χ3n) is 12.0. The standard InChI is InChI=1S/C61H104O6/c1-4-7-10-13-16-19-22-25-27-29-31-33-34-36-39-42-45-48-51-54-60(63)66-57-58(56-65-59(62)53-50-47-44-41-38-24-21-18-15-12-9-6-3)67-61(64)55-52-49-46-43-40-37-35-32-30-28-26-23-20-17-14-11-8-5-2/h11,14,16-17,19-20,22-23,25-26,28,30,32,35,58H,4-10,12-13,15,18,21,24,27,29,31,33-34,36-57H2,1-3H3/b14-11-,19-16-,20-17-,25-22-,26-23-,30-28-,35-32-. The molecule has 0 saturated heterocycles. The van der Waals surface area contributed by atoms with Gasteiger partial charge in [0.1, 0.15) is 13.2 Å². The Bertz CT molecular complexity index is 1300. The summed E-state index contributed by atoms with van der Waals surface area (Å²) in [5.74, 6) is -0.910. The molecule has 0 fully saturated rings. The molecule has 0 aliphatic rings. The average Bonchev–Trinajstić information content (AvgIpc) is 3.33. The second-order valence-electron chi connectivity index (χ2n) is 18.6. The fourth-order valence-corrected chi connectivity index (χ4v) is 7.76. The minimum atomic E-state index is -0.790. The molecule has 67 heavy (non-hydrogen) atoms. The van der Waals surface area contributed by atoms with Crippen LogP contribution in [0.2, 0.25) is 0 Å². The third-order valence-corrected chi connectivity index (χ3v) is 12.0. The Balaban J connectivity index is 4.41. The van der Waals surface area contributed by atoms with E-state index in [-0.39, 0.29) is 31.1 Å². The fraction of sp³-hybridized carbons (Fsp3) is 0.721. The van der Waals surface area contributed by atoms with Gasteiger partial charge in [0.05, 0.1) is 0 Å². The molecule has 1 unspecified atom stereocenters. The molecule has 0 aromatic carbocycles. The molecule has 0 aliphatic carbocycles. The largest absolute Gasteiger partial charge is 0.462 e. The van der Waals surface area contributed by atoms with Crippen LogP contribution in [0.1, 0.15) is 265 Å². The van der Waals surface area contributed by atoms with Gasteiger partial charge in [0.25, 0.3) is 0 Å². The first-order valence-electron chi connectivity index (χ1n) is 28.2. The number of hydrogen-bond donors (Lipinski definition) is 0. The van der Waals surface area contributed by atoms with E-state index in [1.807, 2.05) is 24.3 Å². The summed E-state index contributed by atoms with van der Waals surface area (Å²) in [5.41, 5.74) is 0. The van der Waals surface area contributed by atoms with Gasteiger partial charge >= 0.3 is 17.9 Å². The molecule has 0 spiro atoms. The summed E-state index contributed by atoms with van der Waals surface area (Å²) in [6.07, 6.45) is 71.3. The summed E-state index contributed by atoms with van der Waals surface area (Å²) in [6.45, 7) is 6.51. The number of esters is 3. The summed E-state index contributed by atoms with van der Waals surface area (Å²) in [4.78, 5) is 38.1. The van der Waals surface area contributed by atoms with E-state index in [2.05, 4.69) is 81.5 Å². The Morgan fingerprint density at radius 1 is 0.299 bits per heavy atom. The molecule has 6 heteroatoms. The Hall–Kier alpha value is -3.41. The van der Waals surface area contributed by atoms with E-state index < -0.39 is 6.10 Å². The smallest absolute Gasteiger partial charge is 0.306 e. The van der Waals surface area contributed by atoms with Crippen LogP contribution < -0.4 is 0 Å². The summed E-state index contributed by atoms with van der Waals surface area (Å²) >= 11 is 0. The zero-order chi connectivity index (χ0) is 48.6. The zero-order valence-electron chi connectivity index (χ0n) is 43.9. The minimum Gasteiger partial charge on any atom is -0.462 e. The Labute approximate surface area is 414 Å². The highest BCUT2D eigenvalue weighted by atomic mass is 16.6. The number of carbonyl (C=O) groups excluding carboxylic acids is 3. The van der Waals surface area contributed by atoms with Gasteiger partial charge in [0.2, 0.25) is 0 Å². The predicted molar refractivity (Wildman–Crippen MR) is 288 cm³/mol. The first kappa shape index (κ1) is 63.6. The number of carbonyl (C=O) groups is 3. The Morgan fingerprint density at radius 3 is 0.940 bits per heavy atom. The highest BCUT2D eigenvalue weighted by Gasteiger charge is 2.19. The van der Waals surface area contributed by atoms with Gasteiger partial charge in [0.15, 0.2) is 6.10 Å². The lowest BCUT2D eigenvalue weighted by atomic mass is 10.0. The molecule has 6 nitrogen and oxygen atoms in total. The van der Waals surface area contributed by atoms with E-state index in [4.69, 9.17) is 14.2 Å². The van der Waals surface area contributed by atoms with E-state index in [0.717, 1.165) is 83.5 Å². The molecule has 0 aliphatic heterocycles. The van der Waals surface area contributed by atoms with Gasteiger partial charge in [-0.05, 0) is 64.2 Å². The third kappa shape index (κ3) is 53.4. The highest BCUT2D eigenvalue weighted by molar-refractivity contribution is 5.71. The fourth-order valence-electron chi connectivity index (χ4n) is 7.76. The van der Waals surface area contributed by atoms with Crippen molar-refractivity contribution in [2.45, 2.75) is 271 Å². The molecule has 0 rings (SSSR count). The van der Waals surface area contributed by atoms with Crippen LogP contribution in [-0.2, 0) is 28.6 Å². The first-order chi connectivity index (χ1) is 33.0. The Morgan fingerprint density at radius 2 is 0.567 bits per heavy atom. The van der Waals surface area contributed by atoms with Gasteiger partial charge in [-0.1, -0.05) is 266 Å². The maximum absolute atomic E-state index is 12.8. The van der Waals surface area contributed by atoms with Gasteiger partial charge in [-0.25, -0.2) is 0 Å². The normalized spacial score (nSPS) is 12.7. The van der Waals surface area contributed by atoms with Crippen molar-refractivity contribution in [3.05, 3.63) is 85.1 Å². The molecule has 0 radical (unpaired) electrons. The minimum absolute atomic E-state index is 0.0865. The zero-order valence-corrected chi connectivity index (χ0v) is 43.9. The maximum Gasteiger partial charge on any atom is 0.306 e. The van der Waals surface area contributed by atoms with Crippen molar-refractivity contribution in [1.29, 1.82) is 0 Å². The van der Waals surface area contributed by atoms with Crippen molar-refractivity contribution in [3.8, 4) is 0 Å². The van der Waals surface area contributed by atoms with Crippen LogP contribution in [0.25, 0.3) is 0 Å². The number of rotatable bonds is 50. The Kier molecular flexibility index (Phi) is 52.4. The molecule has 384 valence electrons. The van der Waals surface area contributed by atoms with Gasteiger partial charge in [0, 0.05) is 19.3 Å². The topological polar surface area (TPSA) is 78.9 Å². The first-order valence-corrected chi connectivity index (χ1v) is 28.2. The van der Waals surface area contributed by atoms with Crippen LogP contribution in [-0.4, -0.2) is 37.2 Å². The van der Waals surface area contributed by atoms with Crippen molar-refractivity contribution in [2.24, 2.45) is 0 Å². The van der Waals surface area contributed by atoms with Crippen molar-refractivity contribution in [1.82, 2.24) is 0 Å². The molecule has 0 N–H and O–H groups in total. The number of allylic oxidation sites excluding steroid dienone is 14. The molecular weight excluding hydrogens is 829 g/mol. The second kappa shape index (κ2) is 55.2. The van der Waals surface area contributed by atoms with Crippen LogP contribution in [0.5, 0.6) is 0 Å². The molecule has 1 atom stereocenters. The summed E-state index contributed by atoms with van der Waals surface area (Å²) in [7, 11) is 0. The molecule has 0 aromatic heterocycles. The molecule has 0 bridgehead atoms. The van der Waals surface area contributed by atoms with E-state index in [0.29, 0.717) is 19.3 Å². The molecule has 0 aromatic rings. The quantitative estimate of drug-likeness (QED) is 0.0262. The van der Waals surface area contributed by atoms with Crippen molar-refractivity contribution >= 4 is 17.9 Å². The van der Waals surface area contributed by atoms with E-state index >= 15 is 0 Å². The van der Waals surface area contributed by atoms with Crippen LogP contribution >= 0.6 is 0 Å². The highest BCUT2D eigenvalue weighted by Crippen LogP contribution is 2.15. The molecule has 0 saturated carbocycles. The summed E-state index contributed by atoms with van der Waals surface area (Å²) in [6, 6.07) is 0. The van der Waals surface area contributed by atoms with Crippen molar-refractivity contribution in [2.75, 3.05) is 13.2 Å². The van der Waals surface area contributed by atoms with Gasteiger partial charge in [-0.3, -0.25) is 14.4 Å². The van der Waals surface area contributed by atoms with Crippen LogP contribution in [0.3, 0.4) is 0 Å². The van der Waals surface area contributed by atoms with Crippen molar-refractivity contribution < 1.29 is 28.6 Å². The lowest BCUT2D eigenvalue weighted by Crippen LogP contribution is -2.30. The van der Waals surface area contributed by atoms with Crippen LogP contribution in [0.4, 0.5) is 0 Å². The number of unbranched alkanes of at least 4 members (excludes halogenated alkanes) is 30.